The fraction of sp³-hybridized carbons (Fsp3) is 0.444. The van der Waals surface area contributed by atoms with Crippen LogP contribution in [0.2, 0.25) is 0 Å². The minimum atomic E-state index is -4.84. The molecule has 4 heterocycles. The number of hydrogen-bond acceptors (Lipinski definition) is 7. The number of rotatable bonds is 6. The molecule has 1 aromatic carbocycles. The van der Waals surface area contributed by atoms with Crippen molar-refractivity contribution in [2.75, 3.05) is 42.5 Å². The number of nitrogens with zero attached hydrogens (tertiary/aromatic N) is 6. The first-order valence-electron chi connectivity index (χ1n) is 13.3. The quantitative estimate of drug-likeness (QED) is 0.429. The predicted molar refractivity (Wildman–Crippen MR) is 140 cm³/mol. The second kappa shape index (κ2) is 11.6. The van der Waals surface area contributed by atoms with E-state index in [1.165, 1.54) is 0 Å². The predicted octanol–water partition coefficient (Wildman–Crippen LogP) is 4.09. The number of benzene rings is 1. The second-order valence-electron chi connectivity index (χ2n) is 10.3. The molecule has 2 atom stereocenters. The monoisotopic (exact) mass is 595 g/mol. The van der Waals surface area contributed by atoms with Gasteiger partial charge in [0, 0.05) is 69.6 Å². The Hall–Kier alpha value is -4.17. The highest BCUT2D eigenvalue weighted by Crippen LogP contribution is 2.37. The summed E-state index contributed by atoms with van der Waals surface area (Å²) < 4.78 is 78.7. The molecule has 2 aliphatic heterocycles. The van der Waals surface area contributed by atoms with Gasteiger partial charge in [-0.3, -0.25) is 9.59 Å². The van der Waals surface area contributed by atoms with Gasteiger partial charge in [0.15, 0.2) is 0 Å². The molecule has 0 spiro atoms. The lowest BCUT2D eigenvalue weighted by atomic mass is 9.95. The number of H-pyrrole nitrogens is 1. The van der Waals surface area contributed by atoms with Crippen LogP contribution < -0.4 is 15.4 Å². The van der Waals surface area contributed by atoms with Crippen molar-refractivity contribution in [3.8, 4) is 0 Å². The van der Waals surface area contributed by atoms with Crippen LogP contribution in [0.25, 0.3) is 0 Å². The minimum absolute atomic E-state index is 0.0111. The van der Waals surface area contributed by atoms with Crippen LogP contribution in [0, 0.1) is 0 Å². The fourth-order valence-corrected chi connectivity index (χ4v) is 5.43. The van der Waals surface area contributed by atoms with Gasteiger partial charge < -0.3 is 14.7 Å². The van der Waals surface area contributed by atoms with E-state index in [0.29, 0.717) is 45.6 Å². The number of piperazine rings is 1. The highest BCUT2D eigenvalue weighted by Gasteiger charge is 2.38. The third kappa shape index (κ3) is 6.49. The van der Waals surface area contributed by atoms with Crippen molar-refractivity contribution in [3.63, 3.8) is 0 Å². The summed E-state index contributed by atoms with van der Waals surface area (Å²) in [6.45, 7) is 1.68. The zero-order valence-electron chi connectivity index (χ0n) is 22.2. The Labute approximate surface area is 236 Å². The van der Waals surface area contributed by atoms with Crippen molar-refractivity contribution in [3.05, 3.63) is 75.8 Å². The molecule has 2 aromatic heterocycles. The molecule has 224 valence electrons. The van der Waals surface area contributed by atoms with Crippen molar-refractivity contribution in [2.45, 2.75) is 43.6 Å². The molecule has 9 nitrogen and oxygen atoms in total. The number of amides is 1. The Bertz CT molecular complexity index is 1440. The van der Waals surface area contributed by atoms with Gasteiger partial charge in [-0.2, -0.15) is 31.4 Å². The molecular weight excluding hydrogens is 568 g/mol. The van der Waals surface area contributed by atoms with Gasteiger partial charge in [0.25, 0.3) is 5.56 Å². The van der Waals surface area contributed by atoms with Crippen molar-refractivity contribution in [1.29, 1.82) is 0 Å². The number of nitrogens with one attached hydrogen (secondary N) is 1. The average Bonchev–Trinajstić information content (AvgIpc) is 3.40. The highest BCUT2D eigenvalue weighted by atomic mass is 19.4. The first-order chi connectivity index (χ1) is 19.9. The number of alkyl halides is 6. The topological polar surface area (TPSA) is 98.3 Å². The normalized spacial score (nSPS) is 19.8. The van der Waals surface area contributed by atoms with E-state index in [-0.39, 0.29) is 36.1 Å². The molecule has 3 aromatic rings. The zero-order valence-corrected chi connectivity index (χ0v) is 22.2. The smallest absolute Gasteiger partial charge is 0.352 e. The van der Waals surface area contributed by atoms with E-state index in [4.69, 9.17) is 0 Å². The van der Waals surface area contributed by atoms with Gasteiger partial charge in [-0.05, 0) is 18.4 Å². The SMILES string of the molecule is O=C(CC[C@@H]1C[C@@H](c2ccccc2)CN1c1cc(C(F)(F)F)c(=O)[nH]n1)N1CCN(c2ncc(C(F)(F)F)cn2)CC1. The summed E-state index contributed by atoms with van der Waals surface area (Å²) in [5.41, 5.74) is -2.58. The van der Waals surface area contributed by atoms with Gasteiger partial charge in [-0.1, -0.05) is 30.3 Å². The van der Waals surface area contributed by atoms with E-state index in [0.717, 1.165) is 24.0 Å². The molecule has 0 saturated carbocycles. The molecule has 0 bridgehead atoms. The Balaban J connectivity index is 1.24. The molecule has 2 saturated heterocycles. The number of aromatic nitrogens is 4. The molecule has 5 rings (SSSR count). The largest absolute Gasteiger partial charge is 0.421 e. The van der Waals surface area contributed by atoms with Gasteiger partial charge in [0.1, 0.15) is 11.4 Å². The van der Waals surface area contributed by atoms with Gasteiger partial charge in [0.2, 0.25) is 11.9 Å². The number of halogens is 6. The minimum Gasteiger partial charge on any atom is -0.352 e. The molecular formula is C27H27F6N7O2. The fourth-order valence-electron chi connectivity index (χ4n) is 5.43. The second-order valence-corrected chi connectivity index (χ2v) is 10.3. The third-order valence-electron chi connectivity index (χ3n) is 7.65. The molecule has 42 heavy (non-hydrogen) atoms. The van der Waals surface area contributed by atoms with Gasteiger partial charge in [-0.25, -0.2) is 15.1 Å². The highest BCUT2D eigenvalue weighted by molar-refractivity contribution is 5.76. The summed E-state index contributed by atoms with van der Waals surface area (Å²) in [4.78, 5) is 37.6. The molecule has 0 aliphatic carbocycles. The van der Waals surface area contributed by atoms with Crippen LogP contribution in [-0.2, 0) is 17.1 Å². The summed E-state index contributed by atoms with van der Waals surface area (Å²) in [6.07, 6.45) is -6.85. The third-order valence-corrected chi connectivity index (χ3v) is 7.65. The number of anilines is 2. The van der Waals surface area contributed by atoms with E-state index in [9.17, 15) is 35.9 Å². The van der Waals surface area contributed by atoms with Crippen LogP contribution in [0.15, 0.2) is 53.6 Å². The van der Waals surface area contributed by atoms with Crippen LogP contribution in [0.4, 0.5) is 38.1 Å². The van der Waals surface area contributed by atoms with E-state index < -0.39 is 29.0 Å². The van der Waals surface area contributed by atoms with Crippen LogP contribution in [-0.4, -0.2) is 69.7 Å². The molecule has 1 N–H and O–H groups in total. The lowest BCUT2D eigenvalue weighted by Crippen LogP contribution is -2.49. The molecule has 0 unspecified atom stereocenters. The van der Waals surface area contributed by atoms with E-state index >= 15 is 0 Å². The molecule has 2 fully saturated rings. The lowest BCUT2D eigenvalue weighted by molar-refractivity contribution is -0.139. The van der Waals surface area contributed by atoms with Gasteiger partial charge >= 0.3 is 12.4 Å². The molecule has 0 radical (unpaired) electrons. The standard InChI is InChI=1S/C27H27F6N7O2/c28-26(29,30)19-14-34-25(35-15-19)39-10-8-38(9-11-39)23(41)7-6-20-12-18(17-4-2-1-3-5-17)16-40(20)22-13-21(27(31,32)33)24(42)37-36-22/h1-5,13-15,18,20H,6-12,16H2,(H,37,42)/t18-,20-/m1/s1. The summed E-state index contributed by atoms with van der Waals surface area (Å²) in [5.74, 6) is -0.0172. The van der Waals surface area contributed by atoms with Crippen molar-refractivity contribution in [2.24, 2.45) is 0 Å². The molecule has 15 heteroatoms. The summed E-state index contributed by atoms with van der Waals surface area (Å²) >= 11 is 0. The Kier molecular flexibility index (Phi) is 8.10. The maximum Gasteiger partial charge on any atom is 0.421 e. The number of carbonyl (C=O) groups excluding carboxylic acids is 1. The van der Waals surface area contributed by atoms with Gasteiger partial charge in [0.05, 0.1) is 5.56 Å². The van der Waals surface area contributed by atoms with Crippen LogP contribution in [0.5, 0.6) is 0 Å². The lowest BCUT2D eigenvalue weighted by Gasteiger charge is -2.35. The number of carbonyl (C=O) groups is 1. The van der Waals surface area contributed by atoms with Gasteiger partial charge in [-0.15, -0.1) is 0 Å². The van der Waals surface area contributed by atoms with Crippen LogP contribution in [0.3, 0.4) is 0 Å². The number of hydrogen-bond donors (Lipinski definition) is 1. The van der Waals surface area contributed by atoms with Crippen molar-refractivity contribution < 1.29 is 31.1 Å². The first kappa shape index (κ1) is 29.3. The van der Waals surface area contributed by atoms with E-state index in [1.54, 1.807) is 14.7 Å². The molecule has 2 aliphatic rings. The number of aromatic amines is 1. The van der Waals surface area contributed by atoms with E-state index in [1.807, 2.05) is 35.4 Å². The zero-order chi connectivity index (χ0) is 30.1. The van der Waals surface area contributed by atoms with Crippen molar-refractivity contribution in [1.82, 2.24) is 25.1 Å². The Morgan fingerprint density at radius 2 is 1.62 bits per heavy atom. The summed E-state index contributed by atoms with van der Waals surface area (Å²) in [6, 6.07) is 9.96. The van der Waals surface area contributed by atoms with Crippen LogP contribution in [0.1, 0.15) is 41.9 Å². The van der Waals surface area contributed by atoms with Crippen LogP contribution >= 0.6 is 0 Å². The Morgan fingerprint density at radius 3 is 2.24 bits per heavy atom. The van der Waals surface area contributed by atoms with Crippen molar-refractivity contribution >= 4 is 17.7 Å². The molecule has 1 amide bonds. The maximum atomic E-state index is 13.4. The first-order valence-corrected chi connectivity index (χ1v) is 13.3. The Morgan fingerprint density at radius 1 is 0.952 bits per heavy atom. The maximum absolute atomic E-state index is 13.4. The van der Waals surface area contributed by atoms with E-state index in [2.05, 4.69) is 15.1 Å². The summed E-state index contributed by atoms with van der Waals surface area (Å²) in [5, 5.41) is 5.86. The average molecular weight is 596 g/mol. The summed E-state index contributed by atoms with van der Waals surface area (Å²) in [7, 11) is 0.